The zero-order valence-corrected chi connectivity index (χ0v) is 25.3. The molecule has 0 spiro atoms. The lowest BCUT2D eigenvalue weighted by molar-refractivity contribution is -0.0231. The van der Waals surface area contributed by atoms with E-state index in [-0.39, 0.29) is 17.6 Å². The van der Waals surface area contributed by atoms with E-state index in [2.05, 4.69) is 34.6 Å². The Hall–Kier alpha value is -3.10. The predicted octanol–water partition coefficient (Wildman–Crippen LogP) is 5.55. The number of nitrogens with zero attached hydrogens (tertiary/aromatic N) is 7. The van der Waals surface area contributed by atoms with Gasteiger partial charge in [-0.25, -0.2) is 9.78 Å². The van der Waals surface area contributed by atoms with Crippen LogP contribution in [-0.4, -0.2) is 60.8 Å². The van der Waals surface area contributed by atoms with E-state index in [1.807, 2.05) is 50.6 Å². The minimum absolute atomic E-state index is 0.190. The first kappa shape index (κ1) is 27.1. The summed E-state index contributed by atoms with van der Waals surface area (Å²) in [6.45, 7) is 12.9. The maximum absolute atomic E-state index is 12.9. The number of hydrogen-bond acceptors (Lipinski definition) is 6. The molecule has 2 bridgehead atoms. The molecular formula is C31H45N7O2. The van der Waals surface area contributed by atoms with E-state index in [1.165, 1.54) is 42.6 Å². The summed E-state index contributed by atoms with van der Waals surface area (Å²) in [5.74, 6) is 0.528. The first-order valence-electron chi connectivity index (χ1n) is 15.0. The number of rotatable bonds is 4. The van der Waals surface area contributed by atoms with E-state index in [0.717, 1.165) is 61.3 Å². The molecule has 216 valence electrons. The van der Waals surface area contributed by atoms with Gasteiger partial charge in [-0.3, -0.25) is 9.36 Å². The lowest BCUT2D eigenvalue weighted by Gasteiger charge is -2.51. The molecule has 6 rings (SSSR count). The third kappa shape index (κ3) is 4.85. The van der Waals surface area contributed by atoms with Crippen LogP contribution in [0.5, 0.6) is 0 Å². The van der Waals surface area contributed by atoms with Crippen molar-refractivity contribution in [2.45, 2.75) is 104 Å². The SMILES string of the molecule is Cc1cc(N2CCc3c(c(C)nn3CC34CCCC(C3)C(N(C)C(=O)OC(C)(C)C)CC4)C2)c2cnn(C)c2n1. The lowest BCUT2D eigenvalue weighted by atomic mass is 9.60. The molecule has 0 radical (unpaired) electrons. The van der Waals surface area contributed by atoms with Crippen LogP contribution < -0.4 is 4.90 Å². The first-order chi connectivity index (χ1) is 18.9. The maximum atomic E-state index is 12.9. The Morgan fingerprint density at radius 3 is 2.80 bits per heavy atom. The molecular weight excluding hydrogens is 502 g/mol. The molecule has 9 heteroatoms. The monoisotopic (exact) mass is 547 g/mol. The minimum Gasteiger partial charge on any atom is -0.444 e. The second-order valence-electron chi connectivity index (χ2n) is 13.7. The lowest BCUT2D eigenvalue weighted by Crippen LogP contribution is -2.51. The molecule has 2 aliphatic carbocycles. The molecule has 1 amide bonds. The molecule has 3 aromatic rings. The molecule has 4 heterocycles. The number of aromatic nitrogens is 5. The van der Waals surface area contributed by atoms with Crippen LogP contribution in [0.2, 0.25) is 0 Å². The third-order valence-electron chi connectivity index (χ3n) is 9.64. The summed E-state index contributed by atoms with van der Waals surface area (Å²) in [4.78, 5) is 21.9. The van der Waals surface area contributed by atoms with Crippen molar-refractivity contribution >= 4 is 22.8 Å². The molecule has 3 unspecified atom stereocenters. The van der Waals surface area contributed by atoms with Crippen LogP contribution in [0.1, 0.15) is 81.9 Å². The van der Waals surface area contributed by atoms with Gasteiger partial charge in [0.15, 0.2) is 5.65 Å². The number of aryl methyl sites for hydroxylation is 3. The van der Waals surface area contributed by atoms with E-state index in [0.29, 0.717) is 5.92 Å². The molecule has 2 saturated carbocycles. The topological polar surface area (TPSA) is 81.3 Å². The van der Waals surface area contributed by atoms with Gasteiger partial charge in [-0.05, 0) is 84.1 Å². The molecule has 40 heavy (non-hydrogen) atoms. The second-order valence-corrected chi connectivity index (χ2v) is 13.7. The zero-order valence-electron chi connectivity index (χ0n) is 25.3. The van der Waals surface area contributed by atoms with E-state index >= 15 is 0 Å². The fourth-order valence-electron chi connectivity index (χ4n) is 7.74. The van der Waals surface area contributed by atoms with Crippen LogP contribution in [-0.2, 0) is 31.3 Å². The third-order valence-corrected chi connectivity index (χ3v) is 9.64. The standard InChI is InChI=1S/C31H45N7O2/c1-20-15-27(23-17-32-36(7)28(23)33-20)37-14-11-26-24(18-37)21(2)34-38(26)19-31-12-8-9-22(16-31)25(10-13-31)35(6)29(39)40-30(3,4)5/h15,17,22,25H,8-14,16,18-19H2,1-7H3. The molecule has 9 nitrogen and oxygen atoms in total. The number of amides is 1. The molecule has 2 fully saturated rings. The molecule has 0 aromatic carbocycles. The van der Waals surface area contributed by atoms with Gasteiger partial charge in [-0.1, -0.05) is 6.42 Å². The van der Waals surface area contributed by atoms with Gasteiger partial charge < -0.3 is 14.5 Å². The Morgan fingerprint density at radius 2 is 2.02 bits per heavy atom. The first-order valence-corrected chi connectivity index (χ1v) is 15.0. The van der Waals surface area contributed by atoms with Crippen molar-refractivity contribution < 1.29 is 9.53 Å². The smallest absolute Gasteiger partial charge is 0.410 e. The molecule has 3 atom stereocenters. The largest absolute Gasteiger partial charge is 0.444 e. The summed E-state index contributed by atoms with van der Waals surface area (Å²) < 4.78 is 9.93. The van der Waals surface area contributed by atoms with Crippen LogP contribution in [0, 0.1) is 25.2 Å². The minimum atomic E-state index is -0.469. The van der Waals surface area contributed by atoms with Crippen molar-refractivity contribution in [1.82, 2.24) is 29.4 Å². The Labute approximate surface area is 237 Å². The van der Waals surface area contributed by atoms with Gasteiger partial charge in [-0.15, -0.1) is 0 Å². The summed E-state index contributed by atoms with van der Waals surface area (Å²) in [7, 11) is 3.89. The molecule has 3 aliphatic rings. The van der Waals surface area contributed by atoms with Crippen molar-refractivity contribution in [2.24, 2.45) is 18.4 Å². The van der Waals surface area contributed by atoms with E-state index in [9.17, 15) is 4.79 Å². The van der Waals surface area contributed by atoms with E-state index < -0.39 is 5.60 Å². The van der Waals surface area contributed by atoms with Gasteiger partial charge >= 0.3 is 6.09 Å². The number of carbonyl (C=O) groups is 1. The van der Waals surface area contributed by atoms with Crippen LogP contribution in [0.25, 0.3) is 11.0 Å². The van der Waals surface area contributed by atoms with E-state index in [1.54, 1.807) is 0 Å². The fourth-order valence-corrected chi connectivity index (χ4v) is 7.74. The second kappa shape index (κ2) is 9.77. The molecule has 0 saturated heterocycles. The highest BCUT2D eigenvalue weighted by atomic mass is 16.6. The summed E-state index contributed by atoms with van der Waals surface area (Å²) in [6.07, 6.45) is 9.75. The summed E-state index contributed by atoms with van der Waals surface area (Å²) in [5, 5.41) is 10.7. The fraction of sp³-hybridized carbons (Fsp3) is 0.677. The van der Waals surface area contributed by atoms with Gasteiger partial charge in [0.1, 0.15) is 5.60 Å². The van der Waals surface area contributed by atoms with Gasteiger partial charge in [0.2, 0.25) is 0 Å². The summed E-state index contributed by atoms with van der Waals surface area (Å²) in [6, 6.07) is 2.46. The van der Waals surface area contributed by atoms with Crippen molar-refractivity contribution in [3.8, 4) is 0 Å². The average molecular weight is 548 g/mol. The average Bonchev–Trinajstić information content (AvgIpc) is 3.41. The number of carbonyl (C=O) groups excluding carboxylic acids is 1. The van der Waals surface area contributed by atoms with Gasteiger partial charge in [0.25, 0.3) is 0 Å². The molecule has 0 N–H and O–H groups in total. The highest BCUT2D eigenvalue weighted by Crippen LogP contribution is 2.51. The normalized spacial score (nSPS) is 24.7. The van der Waals surface area contributed by atoms with Crippen molar-refractivity contribution in [2.75, 3.05) is 18.5 Å². The van der Waals surface area contributed by atoms with Crippen LogP contribution >= 0.6 is 0 Å². The van der Waals surface area contributed by atoms with Gasteiger partial charge in [-0.2, -0.15) is 10.2 Å². The van der Waals surface area contributed by atoms with Crippen LogP contribution in [0.15, 0.2) is 12.3 Å². The zero-order chi connectivity index (χ0) is 28.4. The van der Waals surface area contributed by atoms with E-state index in [4.69, 9.17) is 14.8 Å². The predicted molar refractivity (Wildman–Crippen MR) is 156 cm³/mol. The molecule has 1 aliphatic heterocycles. The van der Waals surface area contributed by atoms with Crippen LogP contribution in [0.3, 0.4) is 0 Å². The Balaban J connectivity index is 1.19. The number of hydrogen-bond donors (Lipinski definition) is 0. The van der Waals surface area contributed by atoms with Crippen LogP contribution in [0.4, 0.5) is 10.5 Å². The Kier molecular flexibility index (Phi) is 6.62. The number of anilines is 1. The Morgan fingerprint density at radius 1 is 1.23 bits per heavy atom. The highest BCUT2D eigenvalue weighted by molar-refractivity contribution is 5.89. The maximum Gasteiger partial charge on any atom is 0.410 e. The number of fused-ring (bicyclic) bond motifs is 4. The molecule has 3 aromatic heterocycles. The summed E-state index contributed by atoms with van der Waals surface area (Å²) in [5.41, 5.74) is 6.90. The van der Waals surface area contributed by atoms with Crippen molar-refractivity contribution in [3.05, 3.63) is 34.9 Å². The summed E-state index contributed by atoms with van der Waals surface area (Å²) >= 11 is 0. The van der Waals surface area contributed by atoms with Crippen molar-refractivity contribution in [1.29, 1.82) is 0 Å². The van der Waals surface area contributed by atoms with Gasteiger partial charge in [0, 0.05) is 63.1 Å². The number of ether oxygens (including phenoxy) is 1. The Bertz CT molecular complexity index is 1430. The van der Waals surface area contributed by atoms with Gasteiger partial charge in [0.05, 0.1) is 23.0 Å². The quantitative estimate of drug-likeness (QED) is 0.426. The van der Waals surface area contributed by atoms with Crippen molar-refractivity contribution in [3.63, 3.8) is 0 Å². The highest BCUT2D eigenvalue weighted by Gasteiger charge is 2.46. The number of pyridine rings is 1.